The molecule has 0 aromatic heterocycles. The fourth-order valence-corrected chi connectivity index (χ4v) is 2.99. The van der Waals surface area contributed by atoms with Crippen molar-refractivity contribution in [2.24, 2.45) is 11.8 Å². The number of aliphatic hydroxyl groups is 1. The standard InChI is InChI=1S/C21H28O2/c1-5-6-7-10-16(4)20-19(14-13-15(2)3)23-18-12-9-8-11-17(18)21(20)22/h5,8-15,19-22H,1,6-7H2,2-4H3/b14-13-,16-10+. The van der Waals surface area contributed by atoms with Crippen LogP contribution >= 0.6 is 0 Å². The van der Waals surface area contributed by atoms with Gasteiger partial charge in [0.1, 0.15) is 11.9 Å². The number of ether oxygens (including phenoxy) is 1. The van der Waals surface area contributed by atoms with Crippen LogP contribution in [0.15, 0.2) is 60.7 Å². The molecule has 0 fully saturated rings. The molecule has 2 heteroatoms. The van der Waals surface area contributed by atoms with Crippen molar-refractivity contribution in [2.45, 2.75) is 45.8 Å². The lowest BCUT2D eigenvalue weighted by atomic mass is 9.82. The van der Waals surface area contributed by atoms with Gasteiger partial charge in [-0.1, -0.05) is 55.8 Å². The summed E-state index contributed by atoms with van der Waals surface area (Å²) in [6.07, 6.45) is 9.58. The molecule has 0 saturated carbocycles. The first kappa shape index (κ1) is 17.6. The minimum Gasteiger partial charge on any atom is -0.485 e. The molecule has 0 bridgehead atoms. The Morgan fingerprint density at radius 3 is 2.74 bits per heavy atom. The van der Waals surface area contributed by atoms with Gasteiger partial charge in [0.2, 0.25) is 0 Å². The van der Waals surface area contributed by atoms with Gasteiger partial charge in [-0.2, -0.15) is 0 Å². The van der Waals surface area contributed by atoms with Gasteiger partial charge in [-0.25, -0.2) is 0 Å². The topological polar surface area (TPSA) is 29.5 Å². The summed E-state index contributed by atoms with van der Waals surface area (Å²) in [5.74, 6) is 1.19. The first-order chi connectivity index (χ1) is 11.0. The number of rotatable bonds is 6. The second-order valence-electron chi connectivity index (χ2n) is 6.53. The maximum absolute atomic E-state index is 10.9. The van der Waals surface area contributed by atoms with E-state index in [-0.39, 0.29) is 12.0 Å². The number of para-hydroxylation sites is 1. The molecule has 124 valence electrons. The summed E-state index contributed by atoms with van der Waals surface area (Å²) in [6.45, 7) is 10.1. The molecule has 1 aliphatic heterocycles. The van der Waals surface area contributed by atoms with E-state index in [1.165, 1.54) is 5.57 Å². The van der Waals surface area contributed by atoms with Gasteiger partial charge in [-0.15, -0.1) is 6.58 Å². The van der Waals surface area contributed by atoms with Crippen molar-refractivity contribution < 1.29 is 9.84 Å². The molecule has 0 aliphatic carbocycles. The number of allylic oxidation sites excluding steroid dienone is 3. The number of fused-ring (bicyclic) bond motifs is 1. The van der Waals surface area contributed by atoms with Gasteiger partial charge >= 0.3 is 0 Å². The predicted molar refractivity (Wildman–Crippen MR) is 96.5 cm³/mol. The largest absolute Gasteiger partial charge is 0.485 e. The molecular weight excluding hydrogens is 284 g/mol. The minimum absolute atomic E-state index is 0.0512. The Morgan fingerprint density at radius 1 is 1.30 bits per heavy atom. The van der Waals surface area contributed by atoms with E-state index in [2.05, 4.69) is 45.6 Å². The number of unbranched alkanes of at least 4 members (excludes halogenated alkanes) is 1. The summed E-state index contributed by atoms with van der Waals surface area (Å²) in [4.78, 5) is 0. The van der Waals surface area contributed by atoms with Crippen molar-refractivity contribution in [3.8, 4) is 5.75 Å². The minimum atomic E-state index is -0.540. The highest BCUT2D eigenvalue weighted by atomic mass is 16.5. The average molecular weight is 312 g/mol. The molecule has 1 heterocycles. The highest BCUT2D eigenvalue weighted by Crippen LogP contribution is 2.42. The van der Waals surface area contributed by atoms with E-state index >= 15 is 0 Å². The third-order valence-corrected chi connectivity index (χ3v) is 4.24. The van der Waals surface area contributed by atoms with Crippen LogP contribution < -0.4 is 4.74 Å². The average Bonchev–Trinajstić information content (AvgIpc) is 2.53. The van der Waals surface area contributed by atoms with Crippen molar-refractivity contribution in [1.82, 2.24) is 0 Å². The Labute approximate surface area is 140 Å². The van der Waals surface area contributed by atoms with E-state index < -0.39 is 6.10 Å². The molecule has 0 spiro atoms. The second kappa shape index (κ2) is 8.16. The summed E-state index contributed by atoms with van der Waals surface area (Å²) >= 11 is 0. The van der Waals surface area contributed by atoms with E-state index in [1.54, 1.807) is 0 Å². The third-order valence-electron chi connectivity index (χ3n) is 4.24. The predicted octanol–water partition coefficient (Wildman–Crippen LogP) is 5.22. The van der Waals surface area contributed by atoms with Crippen molar-refractivity contribution in [1.29, 1.82) is 0 Å². The quantitative estimate of drug-likeness (QED) is 0.576. The highest BCUT2D eigenvalue weighted by Gasteiger charge is 2.36. The van der Waals surface area contributed by atoms with E-state index in [1.807, 2.05) is 30.3 Å². The van der Waals surface area contributed by atoms with E-state index in [4.69, 9.17) is 4.74 Å². The Bertz CT molecular complexity index is 583. The molecular formula is C21H28O2. The maximum Gasteiger partial charge on any atom is 0.126 e. The molecule has 1 N–H and O–H groups in total. The molecule has 2 rings (SSSR count). The number of hydrogen-bond acceptors (Lipinski definition) is 2. The Kier molecular flexibility index (Phi) is 6.23. The first-order valence-corrected chi connectivity index (χ1v) is 8.44. The van der Waals surface area contributed by atoms with Gasteiger partial charge < -0.3 is 9.84 Å². The number of hydrogen-bond donors (Lipinski definition) is 1. The summed E-state index contributed by atoms with van der Waals surface area (Å²) in [5.41, 5.74) is 2.05. The van der Waals surface area contributed by atoms with Gasteiger partial charge in [-0.05, 0) is 37.8 Å². The SMILES string of the molecule is C=CCC/C=C(\C)C1C(/C=C\C(C)C)Oc2ccccc2C1O. The summed E-state index contributed by atoms with van der Waals surface area (Å²) < 4.78 is 6.19. The molecule has 0 saturated heterocycles. The third kappa shape index (κ3) is 4.35. The summed E-state index contributed by atoms with van der Waals surface area (Å²) in [7, 11) is 0. The number of benzene rings is 1. The number of aliphatic hydroxyl groups excluding tert-OH is 1. The Balaban J connectivity index is 2.33. The normalized spacial score (nSPS) is 24.6. The van der Waals surface area contributed by atoms with E-state index in [0.717, 1.165) is 24.2 Å². The first-order valence-electron chi connectivity index (χ1n) is 8.44. The molecule has 0 radical (unpaired) electrons. The molecule has 3 unspecified atom stereocenters. The maximum atomic E-state index is 10.9. The van der Waals surface area contributed by atoms with Gasteiger partial charge in [0, 0.05) is 5.56 Å². The lowest BCUT2D eigenvalue weighted by molar-refractivity contribution is 0.0383. The van der Waals surface area contributed by atoms with Gasteiger partial charge in [0.25, 0.3) is 0 Å². The Morgan fingerprint density at radius 2 is 2.04 bits per heavy atom. The van der Waals surface area contributed by atoms with Crippen LogP contribution in [0.3, 0.4) is 0 Å². The molecule has 1 aromatic rings. The fourth-order valence-electron chi connectivity index (χ4n) is 2.99. The second-order valence-corrected chi connectivity index (χ2v) is 6.53. The van der Waals surface area contributed by atoms with Crippen molar-refractivity contribution in [3.63, 3.8) is 0 Å². The van der Waals surface area contributed by atoms with E-state index in [0.29, 0.717) is 5.92 Å². The van der Waals surface area contributed by atoms with Crippen LogP contribution in [-0.4, -0.2) is 11.2 Å². The van der Waals surface area contributed by atoms with Crippen molar-refractivity contribution >= 4 is 0 Å². The van der Waals surface area contributed by atoms with E-state index in [9.17, 15) is 5.11 Å². The van der Waals surface area contributed by atoms with Gasteiger partial charge in [-0.3, -0.25) is 0 Å². The molecule has 1 aromatic carbocycles. The zero-order valence-electron chi connectivity index (χ0n) is 14.4. The van der Waals surface area contributed by atoms with Crippen LogP contribution in [0.25, 0.3) is 0 Å². The summed E-state index contributed by atoms with van der Waals surface area (Å²) in [5, 5.41) is 10.9. The molecule has 2 nitrogen and oxygen atoms in total. The molecule has 1 aliphatic rings. The smallest absolute Gasteiger partial charge is 0.126 e. The monoisotopic (exact) mass is 312 g/mol. The van der Waals surface area contributed by atoms with Gasteiger partial charge in [0.15, 0.2) is 0 Å². The van der Waals surface area contributed by atoms with Crippen molar-refractivity contribution in [3.05, 3.63) is 66.3 Å². The highest BCUT2D eigenvalue weighted by molar-refractivity contribution is 5.40. The fraction of sp³-hybridized carbons (Fsp3) is 0.429. The van der Waals surface area contributed by atoms with Gasteiger partial charge in [0.05, 0.1) is 12.0 Å². The zero-order chi connectivity index (χ0) is 16.8. The van der Waals surface area contributed by atoms with Crippen LogP contribution in [0.2, 0.25) is 0 Å². The molecule has 23 heavy (non-hydrogen) atoms. The van der Waals surface area contributed by atoms with Crippen molar-refractivity contribution in [2.75, 3.05) is 0 Å². The van der Waals surface area contributed by atoms with Crippen LogP contribution in [0.1, 0.15) is 45.3 Å². The van der Waals surface area contributed by atoms with Crippen LogP contribution in [0.4, 0.5) is 0 Å². The van der Waals surface area contributed by atoms with Crippen LogP contribution in [-0.2, 0) is 0 Å². The lowest BCUT2D eigenvalue weighted by Crippen LogP contribution is -2.35. The van der Waals surface area contributed by atoms with Crippen LogP contribution in [0, 0.1) is 11.8 Å². The van der Waals surface area contributed by atoms with Crippen LogP contribution in [0.5, 0.6) is 5.75 Å². The lowest BCUT2D eigenvalue weighted by Gasteiger charge is -2.36. The summed E-state index contributed by atoms with van der Waals surface area (Å²) in [6, 6.07) is 7.78. The molecule has 0 amide bonds. The zero-order valence-corrected chi connectivity index (χ0v) is 14.4. The molecule has 3 atom stereocenters. The Hall–Kier alpha value is -1.80.